The van der Waals surface area contributed by atoms with Crippen LogP contribution in [0.2, 0.25) is 5.15 Å². The SMILES string of the molecule is CC(=O)C(=O)N1CC(Oc2ncc(C(C)(C)O)c3cc(Cl)ncc23)C1. The van der Waals surface area contributed by atoms with Crippen LogP contribution >= 0.6 is 11.6 Å². The Hall–Kier alpha value is -2.25. The molecule has 25 heavy (non-hydrogen) atoms. The Labute approximate surface area is 149 Å². The standard InChI is InChI=1S/C17H18ClN3O4/c1-9(22)16(23)21-7-10(8-21)25-15-12-5-19-14(18)4-11(12)13(6-20-15)17(2,3)24/h4-6,10,24H,7-8H2,1-3H3. The van der Waals surface area contributed by atoms with Crippen molar-refractivity contribution < 1.29 is 19.4 Å². The molecule has 1 fully saturated rings. The number of ketones is 1. The van der Waals surface area contributed by atoms with Gasteiger partial charge in [0.1, 0.15) is 11.3 Å². The zero-order valence-corrected chi connectivity index (χ0v) is 14.9. The van der Waals surface area contributed by atoms with E-state index in [2.05, 4.69) is 9.97 Å². The van der Waals surface area contributed by atoms with Crippen LogP contribution in [0.3, 0.4) is 0 Å². The van der Waals surface area contributed by atoms with Crippen LogP contribution in [-0.2, 0) is 15.2 Å². The molecular weight excluding hydrogens is 346 g/mol. The molecule has 1 saturated heterocycles. The number of hydrogen-bond acceptors (Lipinski definition) is 6. The minimum atomic E-state index is -1.10. The molecule has 0 radical (unpaired) electrons. The van der Waals surface area contributed by atoms with Gasteiger partial charge in [-0.2, -0.15) is 0 Å². The fraction of sp³-hybridized carbons (Fsp3) is 0.412. The van der Waals surface area contributed by atoms with E-state index >= 15 is 0 Å². The molecule has 2 aromatic heterocycles. The van der Waals surface area contributed by atoms with Crippen LogP contribution in [0.15, 0.2) is 18.5 Å². The average molecular weight is 364 g/mol. The Balaban J connectivity index is 1.87. The molecule has 1 aliphatic rings. The van der Waals surface area contributed by atoms with E-state index < -0.39 is 17.3 Å². The van der Waals surface area contributed by atoms with Gasteiger partial charge in [0.25, 0.3) is 5.91 Å². The molecule has 0 atom stereocenters. The van der Waals surface area contributed by atoms with Crippen LogP contribution in [0.25, 0.3) is 10.8 Å². The van der Waals surface area contributed by atoms with E-state index in [1.54, 1.807) is 32.3 Å². The average Bonchev–Trinajstić information content (AvgIpc) is 2.47. The van der Waals surface area contributed by atoms with Gasteiger partial charge >= 0.3 is 0 Å². The summed E-state index contributed by atoms with van der Waals surface area (Å²) >= 11 is 5.99. The van der Waals surface area contributed by atoms with E-state index in [9.17, 15) is 14.7 Å². The normalized spacial score (nSPS) is 15.2. The van der Waals surface area contributed by atoms with Crippen molar-refractivity contribution in [3.63, 3.8) is 0 Å². The van der Waals surface area contributed by atoms with Gasteiger partial charge in [-0.25, -0.2) is 9.97 Å². The van der Waals surface area contributed by atoms with E-state index in [-0.39, 0.29) is 6.10 Å². The van der Waals surface area contributed by atoms with E-state index in [0.29, 0.717) is 40.5 Å². The lowest BCUT2D eigenvalue weighted by Gasteiger charge is -2.38. The number of carbonyl (C=O) groups excluding carboxylic acids is 2. The molecule has 132 valence electrons. The number of rotatable bonds is 4. The first-order valence-corrected chi connectivity index (χ1v) is 8.18. The van der Waals surface area contributed by atoms with Crippen molar-refractivity contribution in [1.29, 1.82) is 0 Å². The van der Waals surface area contributed by atoms with Gasteiger partial charge < -0.3 is 14.7 Å². The summed E-state index contributed by atoms with van der Waals surface area (Å²) in [7, 11) is 0. The van der Waals surface area contributed by atoms with Gasteiger partial charge in [-0.05, 0) is 25.3 Å². The molecule has 1 amide bonds. The number of likely N-dealkylation sites (tertiary alicyclic amines) is 1. The third-order valence-corrected chi connectivity index (χ3v) is 4.28. The summed E-state index contributed by atoms with van der Waals surface area (Å²) < 4.78 is 5.85. The van der Waals surface area contributed by atoms with Crippen LogP contribution in [0, 0.1) is 0 Å². The number of hydrogen-bond donors (Lipinski definition) is 1. The number of carbonyl (C=O) groups is 2. The molecule has 3 heterocycles. The number of nitrogens with zero attached hydrogens (tertiary/aromatic N) is 3. The van der Waals surface area contributed by atoms with Crippen molar-refractivity contribution in [3.8, 4) is 5.88 Å². The Bertz CT molecular complexity index is 857. The molecule has 1 N–H and O–H groups in total. The monoisotopic (exact) mass is 363 g/mol. The maximum atomic E-state index is 11.6. The second-order valence-corrected chi connectivity index (χ2v) is 6.98. The molecule has 0 spiro atoms. The highest BCUT2D eigenvalue weighted by Crippen LogP contribution is 2.34. The van der Waals surface area contributed by atoms with Crippen LogP contribution in [0.1, 0.15) is 26.3 Å². The Morgan fingerprint density at radius 2 is 1.96 bits per heavy atom. The first-order valence-electron chi connectivity index (χ1n) is 7.80. The molecular formula is C17H18ClN3O4. The molecule has 8 heteroatoms. The fourth-order valence-electron chi connectivity index (χ4n) is 2.73. The van der Waals surface area contributed by atoms with Gasteiger partial charge in [0.15, 0.2) is 0 Å². The van der Waals surface area contributed by atoms with Crippen molar-refractivity contribution in [1.82, 2.24) is 14.9 Å². The van der Waals surface area contributed by atoms with Crippen molar-refractivity contribution in [2.45, 2.75) is 32.5 Å². The smallest absolute Gasteiger partial charge is 0.289 e. The first-order chi connectivity index (χ1) is 11.7. The highest BCUT2D eigenvalue weighted by molar-refractivity contribution is 6.35. The Kier molecular flexibility index (Phi) is 4.38. The summed E-state index contributed by atoms with van der Waals surface area (Å²) in [6, 6.07) is 1.66. The van der Waals surface area contributed by atoms with Crippen molar-refractivity contribution in [3.05, 3.63) is 29.2 Å². The van der Waals surface area contributed by atoms with E-state index in [4.69, 9.17) is 16.3 Å². The lowest BCUT2D eigenvalue weighted by molar-refractivity contribution is -0.149. The minimum Gasteiger partial charge on any atom is -0.470 e. The maximum absolute atomic E-state index is 11.6. The number of aromatic nitrogens is 2. The van der Waals surface area contributed by atoms with Crippen LogP contribution in [-0.4, -0.2) is 50.9 Å². The van der Waals surface area contributed by atoms with Gasteiger partial charge in [0.2, 0.25) is 11.7 Å². The van der Waals surface area contributed by atoms with E-state index in [1.807, 2.05) is 0 Å². The largest absolute Gasteiger partial charge is 0.470 e. The lowest BCUT2D eigenvalue weighted by Crippen LogP contribution is -2.57. The van der Waals surface area contributed by atoms with Crippen LogP contribution in [0.5, 0.6) is 5.88 Å². The number of aliphatic hydroxyl groups is 1. The van der Waals surface area contributed by atoms with Crippen LogP contribution < -0.4 is 4.74 Å². The number of fused-ring (bicyclic) bond motifs is 1. The van der Waals surface area contributed by atoms with Gasteiger partial charge in [-0.3, -0.25) is 9.59 Å². The van der Waals surface area contributed by atoms with E-state index in [0.717, 1.165) is 0 Å². The molecule has 1 aliphatic heterocycles. The second-order valence-electron chi connectivity index (χ2n) is 6.59. The Morgan fingerprint density at radius 1 is 1.28 bits per heavy atom. The minimum absolute atomic E-state index is 0.248. The molecule has 0 unspecified atom stereocenters. The molecule has 0 aromatic carbocycles. The molecule has 3 rings (SSSR count). The first kappa shape index (κ1) is 17.6. The summed E-state index contributed by atoms with van der Waals surface area (Å²) in [5.41, 5.74) is -0.489. The van der Waals surface area contributed by atoms with Crippen molar-refractivity contribution in [2.24, 2.45) is 0 Å². The number of amides is 1. The predicted octanol–water partition coefficient (Wildman–Crippen LogP) is 1.69. The molecule has 0 saturated carbocycles. The number of pyridine rings is 2. The molecule has 0 aliphatic carbocycles. The quantitative estimate of drug-likeness (QED) is 0.656. The maximum Gasteiger partial charge on any atom is 0.289 e. The second kappa shape index (κ2) is 6.24. The van der Waals surface area contributed by atoms with Crippen LogP contribution in [0.4, 0.5) is 0 Å². The summed E-state index contributed by atoms with van der Waals surface area (Å²) in [4.78, 5) is 32.5. The van der Waals surface area contributed by atoms with Gasteiger partial charge in [0, 0.05) is 24.9 Å². The highest BCUT2D eigenvalue weighted by Gasteiger charge is 2.34. The summed E-state index contributed by atoms with van der Waals surface area (Å²) in [5, 5.41) is 12.0. The van der Waals surface area contributed by atoms with Crippen molar-refractivity contribution >= 4 is 34.1 Å². The zero-order chi connectivity index (χ0) is 18.4. The third-order valence-electron chi connectivity index (χ3n) is 4.08. The summed E-state index contributed by atoms with van der Waals surface area (Å²) in [6.45, 7) is 5.23. The summed E-state index contributed by atoms with van der Waals surface area (Å²) in [5.74, 6) is -0.647. The predicted molar refractivity (Wildman–Crippen MR) is 91.5 cm³/mol. The summed E-state index contributed by atoms with van der Waals surface area (Å²) in [6.07, 6.45) is 2.85. The van der Waals surface area contributed by atoms with E-state index in [1.165, 1.54) is 11.8 Å². The van der Waals surface area contributed by atoms with Crippen molar-refractivity contribution in [2.75, 3.05) is 13.1 Å². The number of halogens is 1. The van der Waals surface area contributed by atoms with Gasteiger partial charge in [-0.15, -0.1) is 0 Å². The van der Waals surface area contributed by atoms with Gasteiger partial charge in [0.05, 0.1) is 24.1 Å². The fourth-order valence-corrected chi connectivity index (χ4v) is 2.88. The number of Topliss-reactive ketones (excluding diaryl/α,β-unsaturated/α-hetero) is 1. The molecule has 0 bridgehead atoms. The van der Waals surface area contributed by atoms with Gasteiger partial charge in [-0.1, -0.05) is 11.6 Å². The lowest BCUT2D eigenvalue weighted by atomic mass is 9.95. The zero-order valence-electron chi connectivity index (χ0n) is 14.1. The molecule has 2 aromatic rings. The topological polar surface area (TPSA) is 92.6 Å². The third kappa shape index (κ3) is 3.43. The highest BCUT2D eigenvalue weighted by atomic mass is 35.5. The Morgan fingerprint density at radius 3 is 2.56 bits per heavy atom. The number of ether oxygens (including phenoxy) is 1. The molecule has 7 nitrogen and oxygen atoms in total.